The minimum absolute atomic E-state index is 0.00487. The number of hydrogen-bond donors (Lipinski definition) is 1. The molecule has 2 aromatic carbocycles. The molecule has 1 N–H and O–H groups in total. The molecule has 7 heteroatoms. The first-order chi connectivity index (χ1) is 14.0. The number of rotatable bonds is 5. The zero-order chi connectivity index (χ0) is 20.4. The lowest BCUT2D eigenvalue weighted by Crippen LogP contribution is -2.38. The van der Waals surface area contributed by atoms with Gasteiger partial charge in [0.05, 0.1) is 16.8 Å². The van der Waals surface area contributed by atoms with E-state index in [0.29, 0.717) is 11.6 Å². The summed E-state index contributed by atoms with van der Waals surface area (Å²) in [6, 6.07) is 11.6. The molecule has 29 heavy (non-hydrogen) atoms. The van der Waals surface area contributed by atoms with Crippen molar-refractivity contribution in [2.45, 2.75) is 26.7 Å². The number of amides is 1. The summed E-state index contributed by atoms with van der Waals surface area (Å²) in [5, 5.41) is 4.68. The van der Waals surface area contributed by atoms with Gasteiger partial charge in [0.2, 0.25) is 5.91 Å². The summed E-state index contributed by atoms with van der Waals surface area (Å²) in [5.74, 6) is 0.947. The van der Waals surface area contributed by atoms with Crippen molar-refractivity contribution in [1.29, 1.82) is 0 Å². The number of ether oxygens (including phenoxy) is 1. The fourth-order valence-electron chi connectivity index (χ4n) is 3.53. The highest BCUT2D eigenvalue weighted by Gasteiger charge is 2.26. The summed E-state index contributed by atoms with van der Waals surface area (Å²) in [6.45, 7) is 6.23. The van der Waals surface area contributed by atoms with Crippen LogP contribution in [0.25, 0.3) is 10.2 Å². The molecule has 1 aliphatic heterocycles. The van der Waals surface area contributed by atoms with Crippen LogP contribution in [0.5, 0.6) is 5.75 Å². The van der Waals surface area contributed by atoms with Gasteiger partial charge in [-0.2, -0.15) is 0 Å². The minimum atomic E-state index is 0.00487. The van der Waals surface area contributed by atoms with E-state index in [-0.39, 0.29) is 11.8 Å². The molecule has 0 radical (unpaired) electrons. The maximum atomic E-state index is 12.6. The van der Waals surface area contributed by atoms with Crippen LogP contribution < -0.4 is 15.0 Å². The second-order valence-corrected chi connectivity index (χ2v) is 8.69. The second kappa shape index (κ2) is 8.59. The first-order valence-corrected chi connectivity index (χ1v) is 11.1. The number of thiazole rings is 1. The summed E-state index contributed by atoms with van der Waals surface area (Å²) in [6.07, 6.45) is 1.62. The van der Waals surface area contributed by atoms with Crippen molar-refractivity contribution < 1.29 is 9.53 Å². The normalized spacial score (nSPS) is 14.9. The van der Waals surface area contributed by atoms with Gasteiger partial charge in [0.15, 0.2) is 5.13 Å². The van der Waals surface area contributed by atoms with E-state index >= 15 is 0 Å². The fraction of sp³-hybridized carbons (Fsp3) is 0.364. The van der Waals surface area contributed by atoms with Crippen LogP contribution in [0.4, 0.5) is 10.8 Å². The van der Waals surface area contributed by atoms with Gasteiger partial charge in [-0.1, -0.05) is 29.0 Å². The Labute approximate surface area is 179 Å². The molecule has 1 fully saturated rings. The lowest BCUT2D eigenvalue weighted by molar-refractivity contribution is -0.120. The third kappa shape index (κ3) is 4.49. The summed E-state index contributed by atoms with van der Waals surface area (Å²) < 4.78 is 6.71. The number of carbonyl (C=O) groups is 1. The van der Waals surface area contributed by atoms with Crippen LogP contribution in [0, 0.1) is 12.8 Å². The number of aromatic nitrogens is 1. The van der Waals surface area contributed by atoms with Gasteiger partial charge >= 0.3 is 0 Å². The average molecular weight is 430 g/mol. The van der Waals surface area contributed by atoms with E-state index in [1.54, 1.807) is 11.3 Å². The number of anilines is 2. The van der Waals surface area contributed by atoms with E-state index in [4.69, 9.17) is 21.3 Å². The maximum Gasteiger partial charge on any atom is 0.227 e. The van der Waals surface area contributed by atoms with Gasteiger partial charge in [-0.15, -0.1) is 0 Å². The zero-order valence-electron chi connectivity index (χ0n) is 16.6. The summed E-state index contributed by atoms with van der Waals surface area (Å²) >= 11 is 7.84. The lowest BCUT2D eigenvalue weighted by atomic mass is 9.96. The van der Waals surface area contributed by atoms with Crippen molar-refractivity contribution in [2.75, 3.05) is 29.9 Å². The number of nitrogens with one attached hydrogen (secondary N) is 1. The Morgan fingerprint density at radius 3 is 2.79 bits per heavy atom. The standard InChI is InChI=1S/C22H24ClN3O2S/c1-3-28-17-6-7-19-20(13-17)29-22(25-19)26-10-8-15(9-11-26)21(27)24-16-5-4-14(2)18(23)12-16/h4-7,12-13,15H,3,8-11H2,1-2H3,(H,24,27). The van der Waals surface area contributed by atoms with Gasteiger partial charge < -0.3 is 15.0 Å². The number of nitrogens with zero attached hydrogens (tertiary/aromatic N) is 2. The van der Waals surface area contributed by atoms with Crippen LogP contribution in [-0.2, 0) is 4.79 Å². The molecule has 1 saturated heterocycles. The van der Waals surface area contributed by atoms with Crippen LogP contribution in [0.15, 0.2) is 36.4 Å². The Kier molecular flexibility index (Phi) is 5.92. The van der Waals surface area contributed by atoms with Gasteiger partial charge in [0.1, 0.15) is 5.75 Å². The summed E-state index contributed by atoms with van der Waals surface area (Å²) in [4.78, 5) is 19.7. The quantitative estimate of drug-likeness (QED) is 0.580. The molecule has 1 aliphatic rings. The molecule has 2 heterocycles. The fourth-order valence-corrected chi connectivity index (χ4v) is 4.76. The lowest BCUT2D eigenvalue weighted by Gasteiger charge is -2.31. The van der Waals surface area contributed by atoms with Gasteiger partial charge in [-0.05, 0) is 62.6 Å². The molecular formula is C22H24ClN3O2S. The highest BCUT2D eigenvalue weighted by molar-refractivity contribution is 7.22. The number of aryl methyl sites for hydroxylation is 1. The zero-order valence-corrected chi connectivity index (χ0v) is 18.1. The molecule has 1 aromatic heterocycles. The molecule has 0 saturated carbocycles. The summed E-state index contributed by atoms with van der Waals surface area (Å²) in [5.41, 5.74) is 2.75. The monoisotopic (exact) mass is 429 g/mol. The number of carbonyl (C=O) groups excluding carboxylic acids is 1. The van der Waals surface area contributed by atoms with Crippen LogP contribution in [0.3, 0.4) is 0 Å². The second-order valence-electron chi connectivity index (χ2n) is 7.27. The largest absolute Gasteiger partial charge is 0.494 e. The summed E-state index contributed by atoms with van der Waals surface area (Å²) in [7, 11) is 0. The van der Waals surface area contributed by atoms with E-state index in [0.717, 1.165) is 58.3 Å². The van der Waals surface area contributed by atoms with Crippen LogP contribution in [0.1, 0.15) is 25.3 Å². The molecular weight excluding hydrogens is 406 g/mol. The number of hydrogen-bond acceptors (Lipinski definition) is 5. The predicted octanol–water partition coefficient (Wildman–Crippen LogP) is 5.51. The number of benzene rings is 2. The molecule has 0 spiro atoms. The first-order valence-electron chi connectivity index (χ1n) is 9.89. The number of halogens is 1. The van der Waals surface area contributed by atoms with E-state index in [1.807, 2.05) is 50.2 Å². The Morgan fingerprint density at radius 1 is 1.28 bits per heavy atom. The maximum absolute atomic E-state index is 12.6. The van der Waals surface area contributed by atoms with Crippen molar-refractivity contribution in [1.82, 2.24) is 4.98 Å². The third-order valence-electron chi connectivity index (χ3n) is 5.24. The topological polar surface area (TPSA) is 54.5 Å². The van der Waals surface area contributed by atoms with Crippen molar-refractivity contribution in [3.8, 4) is 5.75 Å². The number of piperidine rings is 1. The number of fused-ring (bicyclic) bond motifs is 1. The Morgan fingerprint density at radius 2 is 2.07 bits per heavy atom. The molecule has 1 amide bonds. The van der Waals surface area contributed by atoms with Crippen molar-refractivity contribution >= 4 is 49.9 Å². The smallest absolute Gasteiger partial charge is 0.227 e. The van der Waals surface area contributed by atoms with Gasteiger partial charge in [-0.25, -0.2) is 4.98 Å². The van der Waals surface area contributed by atoms with Crippen molar-refractivity contribution in [2.24, 2.45) is 5.92 Å². The molecule has 0 atom stereocenters. The minimum Gasteiger partial charge on any atom is -0.494 e. The Balaban J connectivity index is 1.38. The highest BCUT2D eigenvalue weighted by Crippen LogP contribution is 2.33. The Bertz CT molecular complexity index is 1030. The van der Waals surface area contributed by atoms with E-state index in [9.17, 15) is 4.79 Å². The highest BCUT2D eigenvalue weighted by atomic mass is 35.5. The molecule has 4 rings (SSSR count). The van der Waals surface area contributed by atoms with E-state index in [2.05, 4.69) is 10.2 Å². The van der Waals surface area contributed by atoms with Crippen molar-refractivity contribution in [3.05, 3.63) is 47.0 Å². The SMILES string of the molecule is CCOc1ccc2nc(N3CCC(C(=O)Nc4ccc(C)c(Cl)c4)CC3)sc2c1. The molecule has 0 bridgehead atoms. The predicted molar refractivity (Wildman–Crippen MR) is 121 cm³/mol. The first kappa shape index (κ1) is 20.0. The van der Waals surface area contributed by atoms with Gasteiger partial charge in [-0.3, -0.25) is 4.79 Å². The molecule has 0 aliphatic carbocycles. The molecule has 5 nitrogen and oxygen atoms in total. The van der Waals surface area contributed by atoms with E-state index < -0.39 is 0 Å². The van der Waals surface area contributed by atoms with Crippen LogP contribution in [-0.4, -0.2) is 30.6 Å². The van der Waals surface area contributed by atoms with Crippen molar-refractivity contribution in [3.63, 3.8) is 0 Å². The molecule has 152 valence electrons. The van der Waals surface area contributed by atoms with Crippen LogP contribution in [0.2, 0.25) is 5.02 Å². The molecule has 0 unspecified atom stereocenters. The third-order valence-corrected chi connectivity index (χ3v) is 6.72. The van der Waals surface area contributed by atoms with Gasteiger partial charge in [0.25, 0.3) is 0 Å². The van der Waals surface area contributed by atoms with E-state index in [1.165, 1.54) is 0 Å². The Hall–Kier alpha value is -2.31. The van der Waals surface area contributed by atoms with Crippen LogP contribution >= 0.6 is 22.9 Å². The molecule has 3 aromatic rings. The van der Waals surface area contributed by atoms with Gasteiger partial charge in [0, 0.05) is 29.7 Å². The average Bonchev–Trinajstić information content (AvgIpc) is 3.14.